The molecule has 0 aliphatic carbocycles. The van der Waals surface area contributed by atoms with Crippen LogP contribution in [0.4, 0.5) is 10.1 Å². The van der Waals surface area contributed by atoms with E-state index >= 15 is 0 Å². The number of benzene rings is 1. The summed E-state index contributed by atoms with van der Waals surface area (Å²) in [5, 5.41) is 4.62. The lowest BCUT2D eigenvalue weighted by molar-refractivity contribution is -0.132. The molecule has 2 saturated heterocycles. The van der Waals surface area contributed by atoms with Gasteiger partial charge in [-0.1, -0.05) is 0 Å². The number of aromatic nitrogens is 1. The molecule has 0 bridgehead atoms. The quantitative estimate of drug-likeness (QED) is 0.856. The fraction of sp³-hybridized carbons (Fsp3) is 0.524. The summed E-state index contributed by atoms with van der Waals surface area (Å²) in [4.78, 5) is 20.8. The van der Waals surface area contributed by atoms with E-state index in [2.05, 4.69) is 15.2 Å². The number of amides is 1. The zero-order valence-corrected chi connectivity index (χ0v) is 16.4. The summed E-state index contributed by atoms with van der Waals surface area (Å²) in [7, 11) is 1.66. The van der Waals surface area contributed by atoms with Crippen molar-refractivity contribution in [1.82, 2.24) is 14.8 Å². The monoisotopic (exact) mass is 386 g/mol. The number of likely N-dealkylation sites (tertiary alicyclic amines) is 2. The van der Waals surface area contributed by atoms with E-state index in [0.717, 1.165) is 41.9 Å². The fourth-order valence-corrected chi connectivity index (χ4v) is 4.34. The number of nitrogens with one attached hydrogen (secondary N) is 1. The van der Waals surface area contributed by atoms with Crippen molar-refractivity contribution in [3.63, 3.8) is 0 Å². The first-order valence-corrected chi connectivity index (χ1v) is 9.89. The van der Waals surface area contributed by atoms with Gasteiger partial charge in [-0.3, -0.25) is 14.7 Å². The summed E-state index contributed by atoms with van der Waals surface area (Å²) in [5.74, 6) is 0.815. The third-order valence-corrected chi connectivity index (χ3v) is 5.79. The Hall–Kier alpha value is -2.41. The Balaban J connectivity index is 1.42. The number of hydrogen-bond acceptors (Lipinski definition) is 5. The highest BCUT2D eigenvalue weighted by Gasteiger charge is 2.34. The zero-order valence-electron chi connectivity index (χ0n) is 16.4. The molecule has 2 aromatic rings. The van der Waals surface area contributed by atoms with Gasteiger partial charge in [0, 0.05) is 43.2 Å². The molecule has 4 rings (SSSR count). The molecule has 6 nitrogen and oxygen atoms in total. The largest absolute Gasteiger partial charge is 0.495 e. The van der Waals surface area contributed by atoms with Crippen LogP contribution in [0.25, 0.3) is 10.9 Å². The maximum absolute atomic E-state index is 13.6. The molecule has 0 spiro atoms. The third-order valence-electron chi connectivity index (χ3n) is 5.79. The topological polar surface area (TPSA) is 57.7 Å². The lowest BCUT2D eigenvalue weighted by Gasteiger charge is -2.24. The molecule has 1 N–H and O–H groups in total. The number of methoxy groups -OCH3 is 1. The first kappa shape index (κ1) is 18.9. The molecule has 1 aromatic heterocycles. The molecule has 1 amide bonds. The number of carbonyl (C=O) groups is 1. The second kappa shape index (κ2) is 7.91. The van der Waals surface area contributed by atoms with Gasteiger partial charge < -0.3 is 15.0 Å². The van der Waals surface area contributed by atoms with Gasteiger partial charge in [0.25, 0.3) is 0 Å². The average Bonchev–Trinajstić information content (AvgIpc) is 3.27. The number of ether oxygens (including phenoxy) is 1. The van der Waals surface area contributed by atoms with Crippen LogP contribution in [-0.4, -0.2) is 72.2 Å². The summed E-state index contributed by atoms with van der Waals surface area (Å²) in [6.07, 6.45) is 2.28. The highest BCUT2D eigenvalue weighted by Crippen LogP contribution is 2.33. The number of hydrogen-bond donors (Lipinski definition) is 1. The molecule has 150 valence electrons. The van der Waals surface area contributed by atoms with Gasteiger partial charge >= 0.3 is 0 Å². The van der Waals surface area contributed by atoms with Crippen LogP contribution in [0.15, 0.2) is 30.5 Å². The molecule has 2 aliphatic heterocycles. The number of alkyl halides is 1. The summed E-state index contributed by atoms with van der Waals surface area (Å²) in [6.45, 7) is 4.12. The van der Waals surface area contributed by atoms with Crippen molar-refractivity contribution < 1.29 is 13.9 Å². The van der Waals surface area contributed by atoms with Gasteiger partial charge in [-0.2, -0.15) is 0 Å². The van der Waals surface area contributed by atoms with Crippen molar-refractivity contribution in [1.29, 1.82) is 0 Å². The van der Waals surface area contributed by atoms with E-state index in [-0.39, 0.29) is 24.5 Å². The summed E-state index contributed by atoms with van der Waals surface area (Å²) >= 11 is 0. The number of fused-ring (bicyclic) bond motifs is 1. The van der Waals surface area contributed by atoms with Gasteiger partial charge in [0.15, 0.2) is 0 Å². The Kier molecular flexibility index (Phi) is 5.35. The van der Waals surface area contributed by atoms with Crippen molar-refractivity contribution in [2.24, 2.45) is 0 Å². The third kappa shape index (κ3) is 3.76. The van der Waals surface area contributed by atoms with Crippen molar-refractivity contribution in [3.05, 3.63) is 30.5 Å². The lowest BCUT2D eigenvalue weighted by atomic mass is 10.1. The minimum Gasteiger partial charge on any atom is -0.495 e. The highest BCUT2D eigenvalue weighted by molar-refractivity contribution is 5.94. The van der Waals surface area contributed by atoms with Gasteiger partial charge in [-0.15, -0.1) is 0 Å². The zero-order chi connectivity index (χ0) is 19.7. The fourth-order valence-electron chi connectivity index (χ4n) is 4.34. The van der Waals surface area contributed by atoms with Crippen LogP contribution in [0.2, 0.25) is 0 Å². The smallest absolute Gasteiger partial charge is 0.237 e. The second-order valence-corrected chi connectivity index (χ2v) is 7.81. The SMILES string of the molecule is COc1ccc2ncccc2c1N[C@@H]1CCN(CC(=O)N2C[C@@H](F)C[C@H]2C)C1. The van der Waals surface area contributed by atoms with E-state index in [1.807, 2.05) is 31.2 Å². The van der Waals surface area contributed by atoms with Gasteiger partial charge in [0.2, 0.25) is 5.91 Å². The number of halogens is 1. The Labute approximate surface area is 164 Å². The van der Waals surface area contributed by atoms with Crippen molar-refractivity contribution in [2.45, 2.75) is 38.0 Å². The second-order valence-electron chi connectivity index (χ2n) is 7.81. The molecule has 2 fully saturated rings. The number of pyridine rings is 1. The standard InChI is InChI=1S/C21H27FN4O2/c1-14-10-15(22)11-26(14)20(27)13-25-9-7-16(12-25)24-21-17-4-3-8-23-18(17)5-6-19(21)28-2/h3-6,8,14-16,24H,7,9-13H2,1-2H3/t14-,15+,16-/m1/s1. The molecule has 7 heteroatoms. The number of carbonyl (C=O) groups excluding carboxylic acids is 1. The Morgan fingerprint density at radius 3 is 2.96 bits per heavy atom. The van der Waals surface area contributed by atoms with Crippen LogP contribution in [0.3, 0.4) is 0 Å². The molecule has 1 aromatic carbocycles. The van der Waals surface area contributed by atoms with Gasteiger partial charge in [-0.25, -0.2) is 4.39 Å². The average molecular weight is 386 g/mol. The van der Waals surface area contributed by atoms with Gasteiger partial charge in [-0.05, 0) is 37.6 Å². The van der Waals surface area contributed by atoms with Crippen LogP contribution in [0.5, 0.6) is 5.75 Å². The molecule has 2 aliphatic rings. The molecule has 3 heterocycles. The molecule has 0 saturated carbocycles. The highest BCUT2D eigenvalue weighted by atomic mass is 19.1. The van der Waals surface area contributed by atoms with Crippen molar-refractivity contribution in [3.8, 4) is 5.75 Å². The van der Waals surface area contributed by atoms with E-state index in [1.54, 1.807) is 18.2 Å². The van der Waals surface area contributed by atoms with Crippen LogP contribution in [0.1, 0.15) is 19.8 Å². The lowest BCUT2D eigenvalue weighted by Crippen LogP contribution is -2.42. The predicted molar refractivity (Wildman–Crippen MR) is 107 cm³/mol. The number of nitrogens with zero attached hydrogens (tertiary/aromatic N) is 3. The van der Waals surface area contributed by atoms with E-state index < -0.39 is 6.17 Å². The summed E-state index contributed by atoms with van der Waals surface area (Å²) in [5.41, 5.74) is 1.86. The molecular weight excluding hydrogens is 359 g/mol. The summed E-state index contributed by atoms with van der Waals surface area (Å²) in [6, 6.07) is 8.04. The first-order valence-electron chi connectivity index (χ1n) is 9.89. The Morgan fingerprint density at radius 1 is 1.36 bits per heavy atom. The molecule has 28 heavy (non-hydrogen) atoms. The molecule has 0 radical (unpaired) electrons. The minimum atomic E-state index is -0.889. The normalized spacial score (nSPS) is 25.4. The van der Waals surface area contributed by atoms with Crippen LogP contribution in [0, 0.1) is 0 Å². The van der Waals surface area contributed by atoms with Crippen LogP contribution >= 0.6 is 0 Å². The predicted octanol–water partition coefficient (Wildman–Crippen LogP) is 2.69. The van der Waals surface area contributed by atoms with Crippen molar-refractivity contribution in [2.75, 3.05) is 38.6 Å². The molecule has 0 unspecified atom stereocenters. The maximum atomic E-state index is 13.6. The first-order chi connectivity index (χ1) is 13.5. The van der Waals surface area contributed by atoms with E-state index in [4.69, 9.17) is 4.74 Å². The van der Waals surface area contributed by atoms with Crippen LogP contribution in [-0.2, 0) is 4.79 Å². The molecular formula is C21H27FN4O2. The minimum absolute atomic E-state index is 0.00790. The van der Waals surface area contributed by atoms with Gasteiger partial charge in [0.05, 0.1) is 31.4 Å². The molecule has 3 atom stereocenters. The Morgan fingerprint density at radius 2 is 2.21 bits per heavy atom. The summed E-state index contributed by atoms with van der Waals surface area (Å²) < 4.78 is 19.1. The van der Waals surface area contributed by atoms with Crippen LogP contribution < -0.4 is 10.1 Å². The van der Waals surface area contributed by atoms with E-state index in [9.17, 15) is 9.18 Å². The number of rotatable bonds is 5. The number of anilines is 1. The van der Waals surface area contributed by atoms with Gasteiger partial charge in [0.1, 0.15) is 11.9 Å². The Bertz CT molecular complexity index is 861. The van der Waals surface area contributed by atoms with E-state index in [1.165, 1.54) is 0 Å². The van der Waals surface area contributed by atoms with Crippen molar-refractivity contribution >= 4 is 22.5 Å². The van der Waals surface area contributed by atoms with E-state index in [0.29, 0.717) is 13.0 Å². The maximum Gasteiger partial charge on any atom is 0.237 e.